The van der Waals surface area contributed by atoms with E-state index in [1.807, 2.05) is 0 Å². The van der Waals surface area contributed by atoms with Crippen LogP contribution in [-0.2, 0) is 10.2 Å². The van der Waals surface area contributed by atoms with Crippen LogP contribution in [0.3, 0.4) is 0 Å². The molecule has 0 atom stereocenters. The van der Waals surface area contributed by atoms with Crippen LogP contribution in [0.15, 0.2) is 24.3 Å². The van der Waals surface area contributed by atoms with E-state index < -0.39 is 0 Å². The van der Waals surface area contributed by atoms with Crippen LogP contribution in [0.2, 0.25) is 0 Å². The largest absolute Gasteiger partial charge is 0.379 e. The van der Waals surface area contributed by atoms with Crippen molar-refractivity contribution in [1.29, 1.82) is 0 Å². The average molecular weight is 245 g/mol. The first-order valence-corrected chi connectivity index (χ1v) is 7.16. The Morgan fingerprint density at radius 3 is 2.39 bits per heavy atom. The maximum Gasteiger partial charge on any atom is 0.0594 e. The Kier molecular flexibility index (Phi) is 3.40. The summed E-state index contributed by atoms with van der Waals surface area (Å²) in [5.41, 5.74) is 3.43. The van der Waals surface area contributed by atoms with Gasteiger partial charge >= 0.3 is 0 Å². The third-order valence-corrected chi connectivity index (χ3v) is 4.53. The van der Waals surface area contributed by atoms with Gasteiger partial charge < -0.3 is 4.74 Å². The Labute approximate surface area is 110 Å². The van der Waals surface area contributed by atoms with Gasteiger partial charge in [-0.1, -0.05) is 29.8 Å². The van der Waals surface area contributed by atoms with E-state index in [2.05, 4.69) is 36.1 Å². The molecule has 2 aliphatic rings. The van der Waals surface area contributed by atoms with Gasteiger partial charge in [0, 0.05) is 13.1 Å². The van der Waals surface area contributed by atoms with Gasteiger partial charge in [-0.05, 0) is 43.7 Å². The highest BCUT2D eigenvalue weighted by atomic mass is 16.5. The number of rotatable bonds is 4. The van der Waals surface area contributed by atoms with Crippen LogP contribution in [0, 0.1) is 6.92 Å². The standard InChI is InChI=1S/C16H23NO/c1-14-2-4-15(5-3-14)16(6-7-16)8-9-17-10-12-18-13-11-17/h2-5H,6-13H2,1H3. The van der Waals surface area contributed by atoms with Crippen LogP contribution in [0.1, 0.15) is 30.4 Å². The number of hydrogen-bond acceptors (Lipinski definition) is 2. The molecule has 0 spiro atoms. The van der Waals surface area contributed by atoms with Crippen LogP contribution in [-0.4, -0.2) is 37.7 Å². The molecule has 0 bridgehead atoms. The van der Waals surface area contributed by atoms with Crippen molar-refractivity contribution in [2.45, 2.75) is 31.6 Å². The van der Waals surface area contributed by atoms with E-state index in [9.17, 15) is 0 Å². The lowest BCUT2D eigenvalue weighted by atomic mass is 9.91. The number of aryl methyl sites for hydroxylation is 1. The summed E-state index contributed by atoms with van der Waals surface area (Å²) in [5, 5.41) is 0. The van der Waals surface area contributed by atoms with Crippen molar-refractivity contribution in [3.63, 3.8) is 0 Å². The molecule has 2 nitrogen and oxygen atoms in total. The molecule has 0 unspecified atom stereocenters. The number of hydrogen-bond donors (Lipinski definition) is 0. The van der Waals surface area contributed by atoms with Gasteiger partial charge in [-0.25, -0.2) is 0 Å². The van der Waals surface area contributed by atoms with Gasteiger partial charge in [0.1, 0.15) is 0 Å². The number of nitrogens with zero attached hydrogens (tertiary/aromatic N) is 1. The van der Waals surface area contributed by atoms with Crippen LogP contribution in [0.4, 0.5) is 0 Å². The van der Waals surface area contributed by atoms with E-state index in [1.54, 1.807) is 5.56 Å². The summed E-state index contributed by atoms with van der Waals surface area (Å²) in [5.74, 6) is 0. The quantitative estimate of drug-likeness (QED) is 0.808. The summed E-state index contributed by atoms with van der Waals surface area (Å²) in [6, 6.07) is 9.18. The molecule has 98 valence electrons. The molecule has 2 heteroatoms. The molecule has 0 aromatic heterocycles. The monoisotopic (exact) mass is 245 g/mol. The van der Waals surface area contributed by atoms with Crippen molar-refractivity contribution in [1.82, 2.24) is 4.90 Å². The molecule has 0 radical (unpaired) electrons. The Bertz CT molecular complexity index is 388. The van der Waals surface area contributed by atoms with E-state index >= 15 is 0 Å². The molecule has 0 amide bonds. The number of ether oxygens (including phenoxy) is 1. The molecule has 18 heavy (non-hydrogen) atoms. The molecule has 1 saturated heterocycles. The molecule has 0 N–H and O–H groups in total. The zero-order valence-corrected chi connectivity index (χ0v) is 11.3. The zero-order chi connectivity index (χ0) is 12.4. The van der Waals surface area contributed by atoms with Crippen molar-refractivity contribution >= 4 is 0 Å². The second kappa shape index (κ2) is 5.02. The van der Waals surface area contributed by atoms with Gasteiger partial charge in [0.05, 0.1) is 13.2 Å². The van der Waals surface area contributed by atoms with Crippen LogP contribution < -0.4 is 0 Å². The highest BCUT2D eigenvalue weighted by Crippen LogP contribution is 2.51. The minimum Gasteiger partial charge on any atom is -0.379 e. The van der Waals surface area contributed by atoms with E-state index in [1.165, 1.54) is 31.4 Å². The smallest absolute Gasteiger partial charge is 0.0594 e. The maximum absolute atomic E-state index is 5.40. The minimum atomic E-state index is 0.506. The molecule has 1 aromatic carbocycles. The van der Waals surface area contributed by atoms with E-state index in [0.29, 0.717) is 5.41 Å². The number of benzene rings is 1. The van der Waals surface area contributed by atoms with Crippen molar-refractivity contribution < 1.29 is 4.74 Å². The maximum atomic E-state index is 5.40. The third-order valence-electron chi connectivity index (χ3n) is 4.53. The predicted octanol–water partition coefficient (Wildman–Crippen LogP) is 2.75. The van der Waals surface area contributed by atoms with Crippen molar-refractivity contribution in [3.8, 4) is 0 Å². The second-order valence-electron chi connectivity index (χ2n) is 5.85. The van der Waals surface area contributed by atoms with Crippen molar-refractivity contribution in [3.05, 3.63) is 35.4 Å². The third kappa shape index (κ3) is 2.60. The van der Waals surface area contributed by atoms with Crippen molar-refractivity contribution in [2.24, 2.45) is 0 Å². The molecule has 1 aliphatic heterocycles. The molecule has 1 saturated carbocycles. The minimum absolute atomic E-state index is 0.506. The Morgan fingerprint density at radius 1 is 1.11 bits per heavy atom. The summed E-state index contributed by atoms with van der Waals surface area (Å²) < 4.78 is 5.40. The van der Waals surface area contributed by atoms with E-state index in [-0.39, 0.29) is 0 Å². The summed E-state index contributed by atoms with van der Waals surface area (Å²) >= 11 is 0. The van der Waals surface area contributed by atoms with Gasteiger partial charge in [-0.2, -0.15) is 0 Å². The SMILES string of the molecule is Cc1ccc(C2(CCN3CCOCC3)CC2)cc1. The van der Waals surface area contributed by atoms with Gasteiger partial charge in [-0.15, -0.1) is 0 Å². The molecule has 1 aromatic rings. The van der Waals surface area contributed by atoms with Gasteiger partial charge in [-0.3, -0.25) is 4.90 Å². The molecular formula is C16H23NO. The summed E-state index contributed by atoms with van der Waals surface area (Å²) in [6.45, 7) is 7.46. The fraction of sp³-hybridized carbons (Fsp3) is 0.625. The molecule has 1 heterocycles. The number of morpholine rings is 1. The van der Waals surface area contributed by atoms with Crippen molar-refractivity contribution in [2.75, 3.05) is 32.8 Å². The molecule has 3 rings (SSSR count). The zero-order valence-electron chi connectivity index (χ0n) is 11.3. The van der Waals surface area contributed by atoms with E-state index in [4.69, 9.17) is 4.74 Å². The Morgan fingerprint density at radius 2 is 1.78 bits per heavy atom. The summed E-state index contributed by atoms with van der Waals surface area (Å²) in [4.78, 5) is 2.55. The summed E-state index contributed by atoms with van der Waals surface area (Å²) in [6.07, 6.45) is 4.07. The fourth-order valence-corrected chi connectivity index (χ4v) is 2.94. The molecule has 2 fully saturated rings. The normalized spacial score (nSPS) is 22.9. The second-order valence-corrected chi connectivity index (χ2v) is 5.85. The lowest BCUT2D eigenvalue weighted by molar-refractivity contribution is 0.0362. The highest BCUT2D eigenvalue weighted by molar-refractivity contribution is 5.33. The van der Waals surface area contributed by atoms with Crippen LogP contribution in [0.25, 0.3) is 0 Å². The lowest BCUT2D eigenvalue weighted by Crippen LogP contribution is -2.37. The molecule has 1 aliphatic carbocycles. The first-order chi connectivity index (χ1) is 8.78. The van der Waals surface area contributed by atoms with E-state index in [0.717, 1.165) is 26.3 Å². The first-order valence-electron chi connectivity index (χ1n) is 7.16. The molecular weight excluding hydrogens is 222 g/mol. The summed E-state index contributed by atoms with van der Waals surface area (Å²) in [7, 11) is 0. The Balaban J connectivity index is 1.59. The average Bonchev–Trinajstić information content (AvgIpc) is 3.20. The van der Waals surface area contributed by atoms with Gasteiger partial charge in [0.2, 0.25) is 0 Å². The fourth-order valence-electron chi connectivity index (χ4n) is 2.94. The Hall–Kier alpha value is -0.860. The van der Waals surface area contributed by atoms with Gasteiger partial charge in [0.25, 0.3) is 0 Å². The van der Waals surface area contributed by atoms with Gasteiger partial charge in [0.15, 0.2) is 0 Å². The highest BCUT2D eigenvalue weighted by Gasteiger charge is 2.43. The lowest BCUT2D eigenvalue weighted by Gasteiger charge is -2.28. The van der Waals surface area contributed by atoms with Crippen LogP contribution in [0.5, 0.6) is 0 Å². The predicted molar refractivity (Wildman–Crippen MR) is 74.0 cm³/mol. The topological polar surface area (TPSA) is 12.5 Å². The van der Waals surface area contributed by atoms with Crippen LogP contribution >= 0.6 is 0 Å². The first kappa shape index (κ1) is 12.2.